The zero-order chi connectivity index (χ0) is 12.7. The van der Waals surface area contributed by atoms with E-state index < -0.39 is 11.4 Å². The molecular weight excluding hydrogens is 214 g/mol. The molecule has 1 fully saturated rings. The third kappa shape index (κ3) is 5.50. The highest BCUT2D eigenvalue weighted by atomic mass is 16.1. The van der Waals surface area contributed by atoms with Crippen molar-refractivity contribution in [2.75, 3.05) is 19.6 Å². The highest BCUT2D eigenvalue weighted by molar-refractivity contribution is 5.83. The number of hydrogen-bond donors (Lipinski definition) is 2. The van der Waals surface area contributed by atoms with Crippen LogP contribution in [0.2, 0.25) is 0 Å². The van der Waals surface area contributed by atoms with E-state index in [4.69, 9.17) is 11.5 Å². The third-order valence-corrected chi connectivity index (χ3v) is 3.68. The monoisotopic (exact) mass is 241 g/mol. The molecule has 4 heteroatoms. The first-order valence-corrected chi connectivity index (χ1v) is 6.83. The molecule has 0 aromatic carbocycles. The van der Waals surface area contributed by atoms with Crippen molar-refractivity contribution in [2.24, 2.45) is 11.5 Å². The van der Waals surface area contributed by atoms with E-state index in [1.54, 1.807) is 6.92 Å². The quantitative estimate of drug-likeness (QED) is 0.760. The van der Waals surface area contributed by atoms with Gasteiger partial charge in [0, 0.05) is 0 Å². The summed E-state index contributed by atoms with van der Waals surface area (Å²) in [5.74, 6) is -0.398. The van der Waals surface area contributed by atoms with E-state index in [1.807, 2.05) is 0 Å². The normalized spacial score (nSPS) is 22.5. The van der Waals surface area contributed by atoms with Crippen molar-refractivity contribution in [3.63, 3.8) is 0 Å². The summed E-state index contributed by atoms with van der Waals surface area (Å²) in [6.07, 6.45) is 8.33. The van der Waals surface area contributed by atoms with E-state index in [2.05, 4.69) is 4.90 Å². The number of carbonyl (C=O) groups is 1. The molecule has 0 saturated carbocycles. The van der Waals surface area contributed by atoms with Gasteiger partial charge < -0.3 is 16.4 Å². The maximum Gasteiger partial charge on any atom is 0.237 e. The van der Waals surface area contributed by atoms with Gasteiger partial charge in [-0.05, 0) is 52.2 Å². The van der Waals surface area contributed by atoms with Crippen LogP contribution in [0.25, 0.3) is 0 Å². The van der Waals surface area contributed by atoms with Crippen molar-refractivity contribution < 1.29 is 4.79 Å². The number of hydrogen-bond acceptors (Lipinski definition) is 3. The van der Waals surface area contributed by atoms with E-state index in [-0.39, 0.29) is 0 Å². The fourth-order valence-electron chi connectivity index (χ4n) is 2.33. The summed E-state index contributed by atoms with van der Waals surface area (Å²) >= 11 is 0. The SMILES string of the molecule is CC(N)(CCCN1CCCCCCC1)C(N)=O. The van der Waals surface area contributed by atoms with Crippen molar-refractivity contribution in [3.05, 3.63) is 0 Å². The minimum absolute atomic E-state index is 0.398. The Balaban J connectivity index is 2.22. The van der Waals surface area contributed by atoms with Gasteiger partial charge in [-0.2, -0.15) is 0 Å². The smallest absolute Gasteiger partial charge is 0.237 e. The Hall–Kier alpha value is -0.610. The van der Waals surface area contributed by atoms with Crippen LogP contribution in [0.1, 0.15) is 51.9 Å². The highest BCUT2D eigenvalue weighted by Gasteiger charge is 2.25. The molecule has 1 atom stereocenters. The maximum atomic E-state index is 11.1. The van der Waals surface area contributed by atoms with Crippen LogP contribution in [-0.4, -0.2) is 36.0 Å². The summed E-state index contributed by atoms with van der Waals surface area (Å²) in [6.45, 7) is 5.15. The van der Waals surface area contributed by atoms with E-state index in [1.165, 1.54) is 45.2 Å². The molecule has 1 aliphatic heterocycles. The molecule has 4 N–H and O–H groups in total. The second kappa shape index (κ2) is 6.97. The topological polar surface area (TPSA) is 72.3 Å². The lowest BCUT2D eigenvalue weighted by atomic mass is 9.96. The Morgan fingerprint density at radius 3 is 2.24 bits per heavy atom. The van der Waals surface area contributed by atoms with Gasteiger partial charge in [0.25, 0.3) is 0 Å². The molecule has 0 spiro atoms. The highest BCUT2D eigenvalue weighted by Crippen LogP contribution is 2.13. The standard InChI is InChI=1S/C13H27N3O/c1-13(15,12(14)17)8-7-11-16-9-5-3-2-4-6-10-16/h2-11,15H2,1H3,(H2,14,17). The lowest BCUT2D eigenvalue weighted by Crippen LogP contribution is -2.49. The van der Waals surface area contributed by atoms with Gasteiger partial charge in [0.1, 0.15) is 0 Å². The van der Waals surface area contributed by atoms with Gasteiger partial charge in [0.2, 0.25) is 5.91 Å². The van der Waals surface area contributed by atoms with Crippen LogP contribution in [0.4, 0.5) is 0 Å². The molecule has 1 aliphatic rings. The van der Waals surface area contributed by atoms with Crippen molar-refractivity contribution in [1.29, 1.82) is 0 Å². The molecular formula is C13H27N3O. The summed E-state index contributed by atoms with van der Waals surface area (Å²) in [7, 11) is 0. The van der Waals surface area contributed by atoms with E-state index in [0.29, 0.717) is 6.42 Å². The summed E-state index contributed by atoms with van der Waals surface area (Å²) in [4.78, 5) is 13.6. The minimum atomic E-state index is -0.845. The number of nitrogens with zero attached hydrogens (tertiary/aromatic N) is 1. The molecule has 0 aromatic heterocycles. The first-order valence-electron chi connectivity index (χ1n) is 6.83. The number of amides is 1. The van der Waals surface area contributed by atoms with E-state index >= 15 is 0 Å². The minimum Gasteiger partial charge on any atom is -0.368 e. The third-order valence-electron chi connectivity index (χ3n) is 3.68. The van der Waals surface area contributed by atoms with Crippen LogP contribution in [0.5, 0.6) is 0 Å². The Morgan fingerprint density at radius 1 is 1.18 bits per heavy atom. The Bertz CT molecular complexity index is 233. The van der Waals surface area contributed by atoms with Crippen LogP contribution >= 0.6 is 0 Å². The number of likely N-dealkylation sites (tertiary alicyclic amines) is 1. The lowest BCUT2D eigenvalue weighted by molar-refractivity contribution is -0.122. The van der Waals surface area contributed by atoms with Crippen LogP contribution in [-0.2, 0) is 4.79 Å². The molecule has 4 nitrogen and oxygen atoms in total. The molecule has 1 heterocycles. The van der Waals surface area contributed by atoms with Gasteiger partial charge >= 0.3 is 0 Å². The molecule has 0 bridgehead atoms. The lowest BCUT2D eigenvalue weighted by Gasteiger charge is -2.26. The van der Waals surface area contributed by atoms with Crippen molar-refractivity contribution in [1.82, 2.24) is 4.90 Å². The molecule has 1 saturated heterocycles. The molecule has 1 rings (SSSR count). The molecule has 17 heavy (non-hydrogen) atoms. The van der Waals surface area contributed by atoms with Crippen molar-refractivity contribution in [3.8, 4) is 0 Å². The Labute approximate surface area is 105 Å². The van der Waals surface area contributed by atoms with Gasteiger partial charge in [0.15, 0.2) is 0 Å². The first kappa shape index (κ1) is 14.5. The molecule has 0 radical (unpaired) electrons. The maximum absolute atomic E-state index is 11.1. The summed E-state index contributed by atoms with van der Waals surface area (Å²) in [6, 6.07) is 0. The molecule has 1 amide bonds. The van der Waals surface area contributed by atoms with Crippen molar-refractivity contribution >= 4 is 5.91 Å². The van der Waals surface area contributed by atoms with Gasteiger partial charge in [0.05, 0.1) is 5.54 Å². The number of primary amides is 1. The van der Waals surface area contributed by atoms with Crippen LogP contribution < -0.4 is 11.5 Å². The average molecular weight is 241 g/mol. The van der Waals surface area contributed by atoms with Crippen LogP contribution in [0.15, 0.2) is 0 Å². The van der Waals surface area contributed by atoms with Crippen molar-refractivity contribution in [2.45, 2.75) is 57.4 Å². The Kier molecular flexibility index (Phi) is 5.92. The van der Waals surface area contributed by atoms with E-state index in [9.17, 15) is 4.79 Å². The average Bonchev–Trinajstić information content (AvgIpc) is 2.20. The predicted octanol–water partition coefficient (Wildman–Crippen LogP) is 1.24. The predicted molar refractivity (Wildman–Crippen MR) is 70.5 cm³/mol. The fraction of sp³-hybridized carbons (Fsp3) is 0.923. The second-order valence-corrected chi connectivity index (χ2v) is 5.49. The van der Waals surface area contributed by atoms with Crippen LogP contribution in [0.3, 0.4) is 0 Å². The second-order valence-electron chi connectivity index (χ2n) is 5.49. The zero-order valence-corrected chi connectivity index (χ0v) is 11.1. The summed E-state index contributed by atoms with van der Waals surface area (Å²) < 4.78 is 0. The number of carbonyl (C=O) groups excluding carboxylic acids is 1. The summed E-state index contributed by atoms with van der Waals surface area (Å²) in [5.41, 5.74) is 10.3. The Morgan fingerprint density at radius 2 is 1.71 bits per heavy atom. The molecule has 0 aliphatic carbocycles. The van der Waals surface area contributed by atoms with Gasteiger partial charge in [-0.3, -0.25) is 4.79 Å². The van der Waals surface area contributed by atoms with Gasteiger partial charge in [-0.15, -0.1) is 0 Å². The first-order chi connectivity index (χ1) is 8.02. The molecule has 0 aromatic rings. The van der Waals surface area contributed by atoms with Gasteiger partial charge in [-0.1, -0.05) is 19.3 Å². The fourth-order valence-corrected chi connectivity index (χ4v) is 2.33. The zero-order valence-electron chi connectivity index (χ0n) is 11.1. The number of rotatable bonds is 5. The summed E-state index contributed by atoms with van der Waals surface area (Å²) in [5, 5.41) is 0. The largest absolute Gasteiger partial charge is 0.368 e. The van der Waals surface area contributed by atoms with Gasteiger partial charge in [-0.25, -0.2) is 0 Å². The molecule has 1 unspecified atom stereocenters. The number of nitrogens with two attached hydrogens (primary N) is 2. The molecule has 100 valence electrons. The van der Waals surface area contributed by atoms with Crippen LogP contribution in [0, 0.1) is 0 Å². The van der Waals surface area contributed by atoms with E-state index in [0.717, 1.165) is 13.0 Å².